The molecule has 1 aromatic heterocycles. The van der Waals surface area contributed by atoms with Gasteiger partial charge in [-0.15, -0.1) is 0 Å². The number of ether oxygens (including phenoxy) is 4. The van der Waals surface area contributed by atoms with Crippen LogP contribution in [0.1, 0.15) is 28.6 Å². The van der Waals surface area contributed by atoms with Gasteiger partial charge in [-0.2, -0.15) is 0 Å². The summed E-state index contributed by atoms with van der Waals surface area (Å²) in [5.74, 6) is 0.0601. The monoisotopic (exact) mass is 488 g/mol. The molecule has 0 radical (unpaired) electrons. The fourth-order valence-electron chi connectivity index (χ4n) is 3.39. The third kappa shape index (κ3) is 5.90. The maximum absolute atomic E-state index is 13.0. The van der Waals surface area contributed by atoms with Crippen molar-refractivity contribution in [2.45, 2.75) is 20.5 Å². The average Bonchev–Trinajstić information content (AvgIpc) is 2.89. The average molecular weight is 488 g/mol. The summed E-state index contributed by atoms with van der Waals surface area (Å²) in [6.07, 6.45) is 0. The van der Waals surface area contributed by atoms with Crippen molar-refractivity contribution in [3.8, 4) is 17.2 Å². The summed E-state index contributed by atoms with van der Waals surface area (Å²) in [6.45, 7) is 3.48. The third-order valence-electron chi connectivity index (χ3n) is 5.17. The van der Waals surface area contributed by atoms with Crippen molar-refractivity contribution in [2.75, 3.05) is 13.2 Å². The van der Waals surface area contributed by atoms with E-state index in [4.69, 9.17) is 23.4 Å². The molecular weight excluding hydrogens is 464 g/mol. The van der Waals surface area contributed by atoms with Gasteiger partial charge in [0, 0.05) is 6.07 Å². The highest BCUT2D eigenvalue weighted by Crippen LogP contribution is 2.27. The van der Waals surface area contributed by atoms with Gasteiger partial charge in [-0.25, -0.2) is 9.59 Å². The van der Waals surface area contributed by atoms with Crippen molar-refractivity contribution in [3.63, 3.8) is 0 Å². The maximum atomic E-state index is 13.0. The van der Waals surface area contributed by atoms with Crippen LogP contribution in [0.5, 0.6) is 17.2 Å². The molecule has 1 heterocycles. The molecule has 0 aliphatic heterocycles. The molecule has 0 N–H and O–H groups in total. The second-order valence-corrected chi connectivity index (χ2v) is 7.76. The minimum atomic E-state index is -0.519. The van der Waals surface area contributed by atoms with E-state index in [0.29, 0.717) is 17.1 Å². The molecule has 3 aromatic carbocycles. The molecule has 4 aromatic rings. The second kappa shape index (κ2) is 11.2. The van der Waals surface area contributed by atoms with Crippen LogP contribution in [0.25, 0.3) is 11.0 Å². The van der Waals surface area contributed by atoms with E-state index in [-0.39, 0.29) is 47.7 Å². The molecule has 0 amide bonds. The molecule has 0 spiro atoms. The van der Waals surface area contributed by atoms with Crippen molar-refractivity contribution in [1.29, 1.82) is 0 Å². The molecule has 0 aliphatic rings. The summed E-state index contributed by atoms with van der Waals surface area (Å²) < 4.78 is 27.2. The predicted molar refractivity (Wildman–Crippen MR) is 131 cm³/mol. The molecule has 0 unspecified atom stereocenters. The van der Waals surface area contributed by atoms with Crippen LogP contribution in [-0.4, -0.2) is 25.2 Å². The molecule has 8 heteroatoms. The van der Waals surface area contributed by atoms with E-state index in [1.807, 2.05) is 30.3 Å². The Morgan fingerprint density at radius 3 is 2.33 bits per heavy atom. The molecule has 0 saturated carbocycles. The van der Waals surface area contributed by atoms with Crippen LogP contribution >= 0.6 is 0 Å². The quantitative estimate of drug-likeness (QED) is 0.297. The number of esters is 2. The van der Waals surface area contributed by atoms with Gasteiger partial charge >= 0.3 is 11.9 Å². The molecule has 8 nitrogen and oxygen atoms in total. The summed E-state index contributed by atoms with van der Waals surface area (Å²) in [6, 6.07) is 20.2. The lowest BCUT2D eigenvalue weighted by Gasteiger charge is -2.11. The van der Waals surface area contributed by atoms with Crippen LogP contribution in [0.15, 0.2) is 82.0 Å². The standard InChI is InChI=1S/C28H24O8/c1-3-32-28(31)20-9-11-21(12-10-20)36-27-18(2)35-24-15-22(13-14-23(24)26(27)30)33-17-25(29)34-16-19-7-5-4-6-8-19/h4-15H,3,16-17H2,1-2H3. The Labute approximate surface area is 207 Å². The summed E-state index contributed by atoms with van der Waals surface area (Å²) >= 11 is 0. The first-order valence-corrected chi connectivity index (χ1v) is 11.3. The zero-order chi connectivity index (χ0) is 25.5. The molecule has 0 saturated heterocycles. The SMILES string of the molecule is CCOC(=O)c1ccc(Oc2c(C)oc3cc(OCC(=O)OCc4ccccc4)ccc3c2=O)cc1. The van der Waals surface area contributed by atoms with E-state index in [2.05, 4.69) is 0 Å². The Bertz CT molecular complexity index is 1420. The fraction of sp³-hybridized carbons (Fsp3) is 0.179. The number of hydrogen-bond donors (Lipinski definition) is 0. The number of fused-ring (bicyclic) bond motifs is 1. The summed E-state index contributed by atoms with van der Waals surface area (Å²) in [4.78, 5) is 36.9. The molecule has 0 atom stereocenters. The van der Waals surface area contributed by atoms with E-state index in [1.54, 1.807) is 50.2 Å². The summed E-state index contributed by atoms with van der Waals surface area (Å²) in [7, 11) is 0. The van der Waals surface area contributed by atoms with Crippen molar-refractivity contribution < 1.29 is 33.0 Å². The Balaban J connectivity index is 1.43. The maximum Gasteiger partial charge on any atom is 0.344 e. The normalized spacial score (nSPS) is 10.6. The van der Waals surface area contributed by atoms with E-state index < -0.39 is 11.9 Å². The summed E-state index contributed by atoms with van der Waals surface area (Å²) in [5.41, 5.74) is 1.18. The summed E-state index contributed by atoms with van der Waals surface area (Å²) in [5, 5.41) is 0.290. The lowest BCUT2D eigenvalue weighted by atomic mass is 10.2. The van der Waals surface area contributed by atoms with Crippen molar-refractivity contribution in [1.82, 2.24) is 0 Å². The second-order valence-electron chi connectivity index (χ2n) is 7.76. The minimum absolute atomic E-state index is 0.0320. The number of benzene rings is 3. The lowest BCUT2D eigenvalue weighted by Crippen LogP contribution is -2.15. The zero-order valence-electron chi connectivity index (χ0n) is 19.8. The van der Waals surface area contributed by atoms with Gasteiger partial charge in [-0.3, -0.25) is 4.79 Å². The number of carbonyl (C=O) groups is 2. The predicted octanol–water partition coefficient (Wildman–Crippen LogP) is 5.19. The third-order valence-corrected chi connectivity index (χ3v) is 5.17. The zero-order valence-corrected chi connectivity index (χ0v) is 19.8. The number of rotatable bonds is 9. The number of hydrogen-bond acceptors (Lipinski definition) is 8. The van der Waals surface area contributed by atoms with Crippen LogP contribution in [0, 0.1) is 6.92 Å². The van der Waals surface area contributed by atoms with Gasteiger partial charge in [0.25, 0.3) is 0 Å². The molecule has 36 heavy (non-hydrogen) atoms. The smallest absolute Gasteiger partial charge is 0.344 e. The first kappa shape index (κ1) is 24.5. The Kier molecular flexibility index (Phi) is 7.65. The van der Waals surface area contributed by atoms with Crippen molar-refractivity contribution in [2.24, 2.45) is 0 Å². The first-order chi connectivity index (χ1) is 17.4. The van der Waals surface area contributed by atoms with E-state index in [1.165, 1.54) is 6.07 Å². The van der Waals surface area contributed by atoms with Gasteiger partial charge in [-0.1, -0.05) is 30.3 Å². The highest BCUT2D eigenvalue weighted by Gasteiger charge is 2.16. The van der Waals surface area contributed by atoms with Gasteiger partial charge in [0.15, 0.2) is 6.61 Å². The van der Waals surface area contributed by atoms with Crippen molar-refractivity contribution in [3.05, 3.63) is 99.9 Å². The van der Waals surface area contributed by atoms with E-state index in [0.717, 1.165) is 5.56 Å². The van der Waals surface area contributed by atoms with Crippen LogP contribution in [0.3, 0.4) is 0 Å². The van der Waals surface area contributed by atoms with E-state index in [9.17, 15) is 14.4 Å². The topological polar surface area (TPSA) is 101 Å². The Morgan fingerprint density at radius 1 is 0.889 bits per heavy atom. The van der Waals surface area contributed by atoms with Crippen LogP contribution in [-0.2, 0) is 20.9 Å². The van der Waals surface area contributed by atoms with Gasteiger partial charge < -0.3 is 23.4 Å². The van der Waals surface area contributed by atoms with E-state index >= 15 is 0 Å². The van der Waals surface area contributed by atoms with Gasteiger partial charge in [-0.05, 0) is 55.8 Å². The first-order valence-electron chi connectivity index (χ1n) is 11.3. The highest BCUT2D eigenvalue weighted by molar-refractivity contribution is 5.89. The number of carbonyl (C=O) groups excluding carboxylic acids is 2. The highest BCUT2D eigenvalue weighted by atomic mass is 16.6. The van der Waals surface area contributed by atoms with Gasteiger partial charge in [0.05, 0.1) is 17.6 Å². The number of aryl methyl sites for hydroxylation is 1. The fourth-order valence-corrected chi connectivity index (χ4v) is 3.39. The molecule has 0 fully saturated rings. The van der Waals surface area contributed by atoms with Crippen LogP contribution in [0.4, 0.5) is 0 Å². The van der Waals surface area contributed by atoms with Gasteiger partial charge in [0.2, 0.25) is 11.2 Å². The van der Waals surface area contributed by atoms with Gasteiger partial charge in [0.1, 0.15) is 29.4 Å². The molecule has 0 aliphatic carbocycles. The molecular formula is C28H24O8. The van der Waals surface area contributed by atoms with Crippen molar-refractivity contribution >= 4 is 22.9 Å². The van der Waals surface area contributed by atoms with Crippen LogP contribution in [0.2, 0.25) is 0 Å². The molecule has 184 valence electrons. The van der Waals surface area contributed by atoms with Crippen LogP contribution < -0.4 is 14.9 Å². The molecule has 4 rings (SSSR count). The largest absolute Gasteiger partial charge is 0.482 e. The Morgan fingerprint density at radius 2 is 1.61 bits per heavy atom. The Hall–Kier alpha value is -4.59. The molecule has 0 bridgehead atoms. The minimum Gasteiger partial charge on any atom is -0.482 e. The lowest BCUT2D eigenvalue weighted by molar-refractivity contribution is -0.147.